The predicted octanol–water partition coefficient (Wildman–Crippen LogP) is 15.5. The first-order valence-corrected chi connectivity index (χ1v) is 32.0. The molecule has 1 fully saturated rings. The molecule has 0 saturated carbocycles. The van der Waals surface area contributed by atoms with Crippen LogP contribution < -0.4 is 5.32 Å². The lowest BCUT2D eigenvalue weighted by Gasteiger charge is -2.41. The van der Waals surface area contributed by atoms with Crippen molar-refractivity contribution >= 4 is 11.9 Å². The number of ether oxygens (including phenoxy) is 3. The first-order valence-electron chi connectivity index (χ1n) is 32.0. The topological polar surface area (TPSA) is 175 Å². The Hall–Kier alpha value is -3.42. The lowest BCUT2D eigenvalue weighted by molar-refractivity contribution is -0.305. The van der Waals surface area contributed by atoms with Gasteiger partial charge in [-0.1, -0.05) is 240 Å². The molecule has 0 bridgehead atoms. The Bertz CT molecular complexity index is 1650. The van der Waals surface area contributed by atoms with Gasteiger partial charge >= 0.3 is 5.97 Å². The highest BCUT2D eigenvalue weighted by atomic mass is 16.7. The standard InChI is InChI=1S/C68H117NO10/c1-4-7-10-13-16-19-22-24-26-28-30-31-32-34-36-38-41-44-47-50-53-56-63(73)79-66-65(75)64(74)62(57-70)78-68(66)77-58-59(60(71)54-51-48-45-42-39-21-18-15-12-9-6-3)69-67(76)61(72)55-52-49-46-43-40-37-35-33-29-27-25-23-20-17-14-11-8-5-2/h16-17,19-20,24-27,30-31,33-36,51,54,59-62,64-66,68,70-72,74-75H,4-15,18,21-23,28-29,32,37-50,52-53,55-58H2,1-3H3,(H,69,76)/b19-16-,20-17-,26-24-,27-25-,31-30-,35-33-,36-34-,54-51+. The zero-order valence-corrected chi connectivity index (χ0v) is 50.2. The zero-order chi connectivity index (χ0) is 57.5. The third-order valence-electron chi connectivity index (χ3n) is 14.5. The summed E-state index contributed by atoms with van der Waals surface area (Å²) in [6.45, 7) is 5.70. The minimum Gasteiger partial charge on any atom is -0.454 e. The number of esters is 1. The van der Waals surface area contributed by atoms with Crippen LogP contribution in [0.15, 0.2) is 97.2 Å². The van der Waals surface area contributed by atoms with Crippen molar-refractivity contribution in [2.75, 3.05) is 13.2 Å². The predicted molar refractivity (Wildman–Crippen MR) is 329 cm³/mol. The molecule has 0 aromatic carbocycles. The third kappa shape index (κ3) is 43.0. The number of aliphatic hydroxyl groups is 5. The minimum absolute atomic E-state index is 0.0962. The van der Waals surface area contributed by atoms with E-state index in [1.807, 2.05) is 6.08 Å². The molecule has 1 aliphatic heterocycles. The van der Waals surface area contributed by atoms with E-state index >= 15 is 0 Å². The Balaban J connectivity index is 2.67. The second-order valence-corrected chi connectivity index (χ2v) is 21.8. The van der Waals surface area contributed by atoms with E-state index in [9.17, 15) is 35.1 Å². The Kier molecular flexibility index (Phi) is 51.4. The van der Waals surface area contributed by atoms with Crippen LogP contribution in [0.5, 0.6) is 0 Å². The molecule has 1 heterocycles. The largest absolute Gasteiger partial charge is 0.454 e. The molecule has 0 radical (unpaired) electrons. The summed E-state index contributed by atoms with van der Waals surface area (Å²) in [6, 6.07) is -1.04. The van der Waals surface area contributed by atoms with Crippen LogP contribution in [0.3, 0.4) is 0 Å². The van der Waals surface area contributed by atoms with Crippen LogP contribution in [0, 0.1) is 0 Å². The van der Waals surface area contributed by atoms with Crippen molar-refractivity contribution in [3.8, 4) is 0 Å². The number of amides is 1. The monoisotopic (exact) mass is 1110 g/mol. The first kappa shape index (κ1) is 73.6. The normalized spacial score (nSPS) is 19.5. The van der Waals surface area contributed by atoms with E-state index in [4.69, 9.17) is 14.2 Å². The maximum atomic E-state index is 13.4. The van der Waals surface area contributed by atoms with Crippen LogP contribution in [-0.2, 0) is 23.8 Å². The number of rotatable bonds is 53. The van der Waals surface area contributed by atoms with Crippen LogP contribution in [0.25, 0.3) is 0 Å². The molecule has 8 atom stereocenters. The summed E-state index contributed by atoms with van der Waals surface area (Å²) in [5.74, 6) is -1.23. The molecule has 11 heteroatoms. The van der Waals surface area contributed by atoms with E-state index in [2.05, 4.69) is 111 Å². The minimum atomic E-state index is -1.63. The fourth-order valence-corrected chi connectivity index (χ4v) is 9.35. The van der Waals surface area contributed by atoms with Gasteiger partial charge in [0, 0.05) is 6.42 Å². The summed E-state index contributed by atoms with van der Waals surface area (Å²) in [6.07, 6.45) is 62.9. The van der Waals surface area contributed by atoms with Gasteiger partial charge in [-0.05, 0) is 109 Å². The van der Waals surface area contributed by atoms with Crippen molar-refractivity contribution < 1.29 is 49.3 Å². The number of carbonyl (C=O) groups is 2. The summed E-state index contributed by atoms with van der Waals surface area (Å²) in [5.41, 5.74) is 0. The summed E-state index contributed by atoms with van der Waals surface area (Å²) in [5, 5.41) is 57.0. The summed E-state index contributed by atoms with van der Waals surface area (Å²) in [7, 11) is 0. The Morgan fingerprint density at radius 3 is 1.33 bits per heavy atom. The Morgan fingerprint density at radius 1 is 0.494 bits per heavy atom. The highest BCUT2D eigenvalue weighted by Gasteiger charge is 2.47. The maximum Gasteiger partial charge on any atom is 0.306 e. The lowest BCUT2D eigenvalue weighted by atomic mass is 9.99. The number of unbranched alkanes of at least 4 members (excludes halogenated alkanes) is 25. The molecule has 1 aliphatic rings. The summed E-state index contributed by atoms with van der Waals surface area (Å²) in [4.78, 5) is 26.6. The van der Waals surface area contributed by atoms with Gasteiger partial charge < -0.3 is 45.1 Å². The molecule has 454 valence electrons. The first-order chi connectivity index (χ1) is 38.7. The number of allylic oxidation sites excluding steroid dienone is 15. The molecule has 1 saturated heterocycles. The van der Waals surface area contributed by atoms with E-state index in [1.54, 1.807) is 6.08 Å². The number of nitrogens with one attached hydrogen (secondary N) is 1. The van der Waals surface area contributed by atoms with Gasteiger partial charge in [-0.2, -0.15) is 0 Å². The number of carbonyl (C=O) groups excluding carboxylic acids is 2. The quantitative estimate of drug-likeness (QED) is 0.0195. The molecule has 79 heavy (non-hydrogen) atoms. The van der Waals surface area contributed by atoms with Gasteiger partial charge in [0.05, 0.1) is 25.4 Å². The van der Waals surface area contributed by atoms with Crippen molar-refractivity contribution in [2.24, 2.45) is 0 Å². The van der Waals surface area contributed by atoms with Gasteiger partial charge in [-0.15, -0.1) is 0 Å². The second kappa shape index (κ2) is 55.1. The molecule has 0 aromatic heterocycles. The highest BCUT2D eigenvalue weighted by Crippen LogP contribution is 2.26. The van der Waals surface area contributed by atoms with E-state index in [0.717, 1.165) is 122 Å². The molecular weight excluding hydrogens is 991 g/mol. The average molecular weight is 1110 g/mol. The second-order valence-electron chi connectivity index (χ2n) is 21.8. The Labute approximate surface area is 482 Å². The van der Waals surface area contributed by atoms with Gasteiger partial charge in [-0.3, -0.25) is 9.59 Å². The molecule has 1 amide bonds. The van der Waals surface area contributed by atoms with Gasteiger partial charge in [-0.25, -0.2) is 0 Å². The van der Waals surface area contributed by atoms with Gasteiger partial charge in [0.15, 0.2) is 12.4 Å². The fourth-order valence-electron chi connectivity index (χ4n) is 9.35. The fraction of sp³-hybridized carbons (Fsp3) is 0.735. The highest BCUT2D eigenvalue weighted by molar-refractivity contribution is 5.80. The molecular formula is C68H117NO10. The van der Waals surface area contributed by atoms with Gasteiger partial charge in [0.25, 0.3) is 0 Å². The molecule has 8 unspecified atom stereocenters. The zero-order valence-electron chi connectivity index (χ0n) is 50.2. The average Bonchev–Trinajstić information content (AvgIpc) is 3.47. The van der Waals surface area contributed by atoms with Gasteiger partial charge in [0.2, 0.25) is 5.91 Å². The van der Waals surface area contributed by atoms with Gasteiger partial charge in [0.1, 0.15) is 24.4 Å². The Morgan fingerprint density at radius 2 is 0.873 bits per heavy atom. The van der Waals surface area contributed by atoms with Crippen LogP contribution >= 0.6 is 0 Å². The van der Waals surface area contributed by atoms with E-state index in [0.29, 0.717) is 12.8 Å². The van der Waals surface area contributed by atoms with E-state index < -0.39 is 67.4 Å². The molecule has 11 nitrogen and oxygen atoms in total. The third-order valence-corrected chi connectivity index (χ3v) is 14.5. The van der Waals surface area contributed by atoms with E-state index in [-0.39, 0.29) is 19.4 Å². The van der Waals surface area contributed by atoms with Crippen molar-refractivity contribution in [1.29, 1.82) is 0 Å². The summed E-state index contributed by atoms with van der Waals surface area (Å²) < 4.78 is 17.6. The lowest BCUT2D eigenvalue weighted by Crippen LogP contribution is -2.61. The van der Waals surface area contributed by atoms with Crippen molar-refractivity contribution in [3.63, 3.8) is 0 Å². The van der Waals surface area contributed by atoms with Crippen LogP contribution in [-0.4, -0.2) is 99.6 Å². The van der Waals surface area contributed by atoms with Crippen molar-refractivity contribution in [2.45, 2.75) is 307 Å². The SMILES string of the molecule is CCCCC/C=C\C/C=C\C/C=C\C/C=C\CCCCCCCC(=O)OC1C(OCC(NC(=O)C(O)CCCCCCC/C=C\C/C=C\C/C=C\CCCCC)C(O)/C=C/CCCCCCCCCCC)OC(CO)C(O)C1O. The number of hydrogen-bond donors (Lipinski definition) is 6. The molecule has 0 aromatic rings. The summed E-state index contributed by atoms with van der Waals surface area (Å²) >= 11 is 0. The van der Waals surface area contributed by atoms with Crippen LogP contribution in [0.1, 0.15) is 258 Å². The molecule has 6 N–H and O–H groups in total. The van der Waals surface area contributed by atoms with Crippen LogP contribution in [0.4, 0.5) is 0 Å². The number of hydrogen-bond acceptors (Lipinski definition) is 10. The smallest absolute Gasteiger partial charge is 0.306 e. The maximum absolute atomic E-state index is 13.4. The van der Waals surface area contributed by atoms with Crippen molar-refractivity contribution in [3.05, 3.63) is 97.2 Å². The van der Waals surface area contributed by atoms with Crippen LogP contribution in [0.2, 0.25) is 0 Å². The van der Waals surface area contributed by atoms with E-state index in [1.165, 1.54) is 89.9 Å². The molecule has 0 aliphatic carbocycles. The van der Waals surface area contributed by atoms with Crippen molar-refractivity contribution in [1.82, 2.24) is 5.32 Å². The number of aliphatic hydroxyl groups excluding tert-OH is 5. The molecule has 0 spiro atoms. The molecule has 1 rings (SSSR count).